The first kappa shape index (κ1) is 24.9. The number of likely N-dealkylation sites (tertiary alicyclic amines) is 1. The van der Waals surface area contributed by atoms with Crippen LogP contribution in [0, 0.1) is 6.92 Å². The number of carbonyl (C=O) groups is 2. The number of rotatable bonds is 8. The summed E-state index contributed by atoms with van der Waals surface area (Å²) in [5.41, 5.74) is 3.06. The van der Waals surface area contributed by atoms with Gasteiger partial charge < -0.3 is 24.2 Å². The van der Waals surface area contributed by atoms with Crippen molar-refractivity contribution >= 4 is 17.4 Å². The van der Waals surface area contributed by atoms with E-state index < -0.39 is 17.7 Å². The number of ketones is 1. The number of benzene rings is 3. The van der Waals surface area contributed by atoms with Crippen LogP contribution in [0.15, 0.2) is 72.3 Å². The molecule has 3 aromatic carbocycles. The van der Waals surface area contributed by atoms with Gasteiger partial charge in [0.15, 0.2) is 11.5 Å². The summed E-state index contributed by atoms with van der Waals surface area (Å²) in [5.74, 6) is 0.107. The third-order valence-electron chi connectivity index (χ3n) is 6.39. The van der Waals surface area contributed by atoms with E-state index in [1.807, 2.05) is 43.3 Å². The van der Waals surface area contributed by atoms with Crippen molar-refractivity contribution in [2.24, 2.45) is 0 Å². The first-order valence-corrected chi connectivity index (χ1v) is 11.6. The lowest BCUT2D eigenvalue weighted by Gasteiger charge is -2.26. The van der Waals surface area contributed by atoms with Crippen LogP contribution in [-0.4, -0.2) is 49.6 Å². The van der Waals surface area contributed by atoms with Gasteiger partial charge in [0.2, 0.25) is 0 Å². The fraction of sp³-hybridized carbons (Fsp3) is 0.241. The van der Waals surface area contributed by atoms with Gasteiger partial charge in [-0.1, -0.05) is 54.1 Å². The number of aliphatic hydroxyl groups is 1. The Labute approximate surface area is 210 Å². The molecule has 1 atom stereocenters. The Bertz CT molecular complexity index is 1310. The topological polar surface area (TPSA) is 85.3 Å². The molecule has 1 heterocycles. The predicted molar refractivity (Wildman–Crippen MR) is 136 cm³/mol. The van der Waals surface area contributed by atoms with Crippen LogP contribution in [0.4, 0.5) is 0 Å². The number of carbonyl (C=O) groups excluding carboxylic acids is 2. The molecule has 1 aliphatic rings. The van der Waals surface area contributed by atoms with E-state index in [1.54, 1.807) is 44.6 Å². The van der Waals surface area contributed by atoms with E-state index in [0.29, 0.717) is 34.8 Å². The Morgan fingerprint density at radius 2 is 1.53 bits per heavy atom. The van der Waals surface area contributed by atoms with E-state index in [0.717, 1.165) is 11.1 Å². The zero-order valence-corrected chi connectivity index (χ0v) is 20.8. The molecule has 7 heteroatoms. The first-order chi connectivity index (χ1) is 17.4. The number of aliphatic hydroxyl groups excluding tert-OH is 1. The van der Waals surface area contributed by atoms with Crippen LogP contribution in [0.25, 0.3) is 5.76 Å². The van der Waals surface area contributed by atoms with Gasteiger partial charge in [0.1, 0.15) is 11.5 Å². The third kappa shape index (κ3) is 4.64. The van der Waals surface area contributed by atoms with Gasteiger partial charge in [0.05, 0.1) is 32.9 Å². The molecule has 1 N–H and O–H groups in total. The van der Waals surface area contributed by atoms with Gasteiger partial charge in [0, 0.05) is 17.7 Å². The monoisotopic (exact) mass is 487 g/mol. The van der Waals surface area contributed by atoms with Crippen LogP contribution in [0.1, 0.15) is 28.3 Å². The Hall–Kier alpha value is -4.26. The van der Waals surface area contributed by atoms with Gasteiger partial charge in [-0.05, 0) is 37.1 Å². The number of para-hydroxylation sites is 1. The molecule has 0 radical (unpaired) electrons. The van der Waals surface area contributed by atoms with E-state index in [1.165, 1.54) is 12.0 Å². The highest BCUT2D eigenvalue weighted by Crippen LogP contribution is 2.42. The van der Waals surface area contributed by atoms with Crippen LogP contribution in [0.5, 0.6) is 17.2 Å². The predicted octanol–water partition coefficient (Wildman–Crippen LogP) is 4.69. The van der Waals surface area contributed by atoms with Crippen LogP contribution >= 0.6 is 0 Å². The molecule has 4 rings (SSSR count). The summed E-state index contributed by atoms with van der Waals surface area (Å²) in [6, 6.07) is 19.1. The fourth-order valence-corrected chi connectivity index (χ4v) is 4.48. The smallest absolute Gasteiger partial charge is 0.295 e. The van der Waals surface area contributed by atoms with E-state index in [9.17, 15) is 14.7 Å². The highest BCUT2D eigenvalue weighted by Gasteiger charge is 2.46. The maximum absolute atomic E-state index is 13.3. The van der Waals surface area contributed by atoms with E-state index >= 15 is 0 Å². The Balaban J connectivity index is 1.77. The molecule has 1 unspecified atom stereocenters. The molecule has 0 spiro atoms. The quantitative estimate of drug-likeness (QED) is 0.282. The number of nitrogens with zero attached hydrogens (tertiary/aromatic N) is 1. The number of aryl methyl sites for hydroxylation is 1. The van der Waals surface area contributed by atoms with Gasteiger partial charge in [0.25, 0.3) is 11.7 Å². The van der Waals surface area contributed by atoms with E-state index in [-0.39, 0.29) is 17.9 Å². The number of amides is 1. The van der Waals surface area contributed by atoms with Gasteiger partial charge in [-0.3, -0.25) is 9.59 Å². The number of methoxy groups -OCH3 is 3. The second-order valence-electron chi connectivity index (χ2n) is 8.54. The average Bonchev–Trinajstić information content (AvgIpc) is 3.16. The van der Waals surface area contributed by atoms with Crippen molar-refractivity contribution in [2.75, 3.05) is 27.9 Å². The van der Waals surface area contributed by atoms with Crippen molar-refractivity contribution in [2.45, 2.75) is 19.4 Å². The minimum atomic E-state index is -0.803. The summed E-state index contributed by atoms with van der Waals surface area (Å²) in [5, 5.41) is 11.2. The number of hydrogen-bond acceptors (Lipinski definition) is 6. The van der Waals surface area contributed by atoms with Gasteiger partial charge in [-0.2, -0.15) is 0 Å². The van der Waals surface area contributed by atoms with Crippen molar-refractivity contribution in [1.82, 2.24) is 4.90 Å². The molecule has 0 aromatic heterocycles. The maximum Gasteiger partial charge on any atom is 0.295 e. The SMILES string of the molecule is COc1ccc(CCN2C(=O)C(=O)/C(=C(\O)c3ccc(C)cc3)C2c2ccccc2OC)cc1OC. The molecule has 1 amide bonds. The lowest BCUT2D eigenvalue weighted by Crippen LogP contribution is -2.31. The van der Waals surface area contributed by atoms with Crippen LogP contribution in [0.3, 0.4) is 0 Å². The summed E-state index contributed by atoms with van der Waals surface area (Å²) < 4.78 is 16.3. The fourth-order valence-electron chi connectivity index (χ4n) is 4.48. The molecule has 0 aliphatic carbocycles. The number of Topliss-reactive ketones (excluding diaryl/α,β-unsaturated/α-hetero) is 1. The second-order valence-corrected chi connectivity index (χ2v) is 8.54. The molecule has 7 nitrogen and oxygen atoms in total. The summed E-state index contributed by atoms with van der Waals surface area (Å²) in [7, 11) is 4.67. The molecular formula is C29H29NO6. The van der Waals surface area contributed by atoms with Gasteiger partial charge in [-0.25, -0.2) is 0 Å². The van der Waals surface area contributed by atoms with Crippen LogP contribution in [-0.2, 0) is 16.0 Å². The maximum atomic E-state index is 13.3. The van der Waals surface area contributed by atoms with Crippen LogP contribution < -0.4 is 14.2 Å². The molecule has 186 valence electrons. The van der Waals surface area contributed by atoms with Gasteiger partial charge >= 0.3 is 0 Å². The van der Waals surface area contributed by atoms with Crippen LogP contribution in [0.2, 0.25) is 0 Å². The number of ether oxygens (including phenoxy) is 3. The summed E-state index contributed by atoms with van der Waals surface area (Å²) >= 11 is 0. The largest absolute Gasteiger partial charge is 0.507 e. The zero-order valence-electron chi connectivity index (χ0n) is 20.8. The Kier molecular flexibility index (Phi) is 7.29. The van der Waals surface area contributed by atoms with Crippen molar-refractivity contribution in [3.8, 4) is 17.2 Å². The Morgan fingerprint density at radius 1 is 0.861 bits per heavy atom. The van der Waals surface area contributed by atoms with E-state index in [2.05, 4.69) is 0 Å². The number of hydrogen-bond donors (Lipinski definition) is 1. The lowest BCUT2D eigenvalue weighted by molar-refractivity contribution is -0.139. The minimum absolute atomic E-state index is 0.0423. The average molecular weight is 488 g/mol. The van der Waals surface area contributed by atoms with Crippen molar-refractivity contribution in [3.63, 3.8) is 0 Å². The zero-order chi connectivity index (χ0) is 25.8. The second kappa shape index (κ2) is 10.6. The minimum Gasteiger partial charge on any atom is -0.507 e. The normalized spacial score (nSPS) is 16.8. The Morgan fingerprint density at radius 3 is 2.19 bits per heavy atom. The van der Waals surface area contributed by atoms with E-state index in [4.69, 9.17) is 14.2 Å². The molecule has 1 saturated heterocycles. The summed E-state index contributed by atoms with van der Waals surface area (Å²) in [4.78, 5) is 28.1. The van der Waals surface area contributed by atoms with Gasteiger partial charge in [-0.15, -0.1) is 0 Å². The molecule has 1 fully saturated rings. The summed E-state index contributed by atoms with van der Waals surface area (Å²) in [6.07, 6.45) is 0.462. The lowest BCUT2D eigenvalue weighted by atomic mass is 9.94. The molecule has 0 bridgehead atoms. The summed E-state index contributed by atoms with van der Waals surface area (Å²) in [6.45, 7) is 2.18. The highest BCUT2D eigenvalue weighted by molar-refractivity contribution is 6.46. The standard InChI is InChI=1S/C29H29NO6/c1-18-9-12-20(13-10-18)27(31)25-26(21-7-5-6-8-22(21)34-2)30(29(33)28(25)32)16-15-19-11-14-23(35-3)24(17-19)36-4/h5-14,17,26,31H,15-16H2,1-4H3/b27-25-. The molecule has 36 heavy (non-hydrogen) atoms. The first-order valence-electron chi connectivity index (χ1n) is 11.6. The molecule has 0 saturated carbocycles. The third-order valence-corrected chi connectivity index (χ3v) is 6.39. The molecule has 3 aromatic rings. The van der Waals surface area contributed by atoms with Crippen molar-refractivity contribution in [3.05, 3.63) is 94.6 Å². The highest BCUT2D eigenvalue weighted by atomic mass is 16.5. The van der Waals surface area contributed by atoms with Crippen molar-refractivity contribution in [1.29, 1.82) is 0 Å². The van der Waals surface area contributed by atoms with Crippen molar-refractivity contribution < 1.29 is 28.9 Å². The molecule has 1 aliphatic heterocycles. The molecular weight excluding hydrogens is 458 g/mol.